The van der Waals surface area contributed by atoms with Crippen molar-refractivity contribution in [2.75, 3.05) is 16.9 Å². The highest BCUT2D eigenvalue weighted by atomic mass is 32.2. The van der Waals surface area contributed by atoms with E-state index in [-0.39, 0.29) is 11.4 Å². The van der Waals surface area contributed by atoms with Crippen molar-refractivity contribution < 1.29 is 14.4 Å². The minimum atomic E-state index is -0.787. The van der Waals surface area contributed by atoms with E-state index in [1.165, 1.54) is 36.4 Å². The number of thioether (sulfide) groups is 1. The largest absolute Gasteiger partial charge is 0.320 e. The number of imide groups is 1. The number of aromatic amines is 1. The van der Waals surface area contributed by atoms with Crippen LogP contribution in [0.15, 0.2) is 54.0 Å². The number of benzene rings is 1. The van der Waals surface area contributed by atoms with Crippen LogP contribution in [0.25, 0.3) is 11.4 Å². The Kier molecular flexibility index (Phi) is 7.33. The van der Waals surface area contributed by atoms with Crippen molar-refractivity contribution >= 4 is 35.2 Å². The molecule has 3 rings (SSSR count). The second kappa shape index (κ2) is 10.2. The normalized spacial score (nSPS) is 11.7. The zero-order valence-corrected chi connectivity index (χ0v) is 18.3. The number of rotatable bonds is 7. The van der Waals surface area contributed by atoms with Crippen molar-refractivity contribution in [1.29, 1.82) is 0 Å². The van der Waals surface area contributed by atoms with Gasteiger partial charge in [-0.3, -0.25) is 23.7 Å². The predicted octanol–water partition coefficient (Wildman–Crippen LogP) is 1.28. The van der Waals surface area contributed by atoms with E-state index >= 15 is 0 Å². The Morgan fingerprint density at radius 1 is 1.25 bits per heavy atom. The topological polar surface area (TPSA) is 144 Å². The summed E-state index contributed by atoms with van der Waals surface area (Å²) < 4.78 is 1.18. The lowest BCUT2D eigenvalue weighted by atomic mass is 10.1. The lowest BCUT2D eigenvalue weighted by Crippen LogP contribution is -2.46. The average molecular weight is 455 g/mol. The van der Waals surface area contributed by atoms with Crippen LogP contribution in [0, 0.1) is 0 Å². The number of carbonyl (C=O) groups excluding carboxylic acids is 3. The molecule has 1 unspecified atom stereocenters. The van der Waals surface area contributed by atoms with Crippen LogP contribution < -0.4 is 16.2 Å². The van der Waals surface area contributed by atoms with Gasteiger partial charge in [0.15, 0.2) is 0 Å². The summed E-state index contributed by atoms with van der Waals surface area (Å²) in [6.45, 7) is 1.29. The minimum Gasteiger partial charge on any atom is -0.320 e. The summed E-state index contributed by atoms with van der Waals surface area (Å²) >= 11 is 1.57. The number of anilines is 1. The highest BCUT2D eigenvalue weighted by molar-refractivity contribution is 7.98. The Bertz CT molecular complexity index is 1170. The molecule has 0 aliphatic heterocycles. The number of nitrogens with two attached hydrogens (primary N) is 1. The fraction of sp³-hybridized carbons (Fsp3) is 0.238. The van der Waals surface area contributed by atoms with Crippen LogP contribution in [0.2, 0.25) is 0 Å². The third-order valence-electron chi connectivity index (χ3n) is 4.65. The van der Waals surface area contributed by atoms with Gasteiger partial charge in [0.25, 0.3) is 17.4 Å². The second-order valence-electron chi connectivity index (χ2n) is 6.88. The van der Waals surface area contributed by atoms with E-state index in [9.17, 15) is 19.2 Å². The van der Waals surface area contributed by atoms with Crippen LogP contribution in [0.4, 0.5) is 5.69 Å². The molecule has 2 heterocycles. The van der Waals surface area contributed by atoms with Crippen molar-refractivity contribution in [2.24, 2.45) is 5.73 Å². The van der Waals surface area contributed by atoms with Gasteiger partial charge in [0.05, 0.1) is 11.7 Å². The van der Waals surface area contributed by atoms with E-state index in [1.54, 1.807) is 36.0 Å². The number of nitrogens with one attached hydrogen (secondary N) is 1. The molecule has 1 atom stereocenters. The van der Waals surface area contributed by atoms with E-state index in [0.717, 1.165) is 4.90 Å². The monoisotopic (exact) mass is 454 g/mol. The molecular formula is C21H22N6O4S. The molecule has 0 fully saturated rings. The molecule has 2 aromatic heterocycles. The molecule has 11 heteroatoms. The Morgan fingerprint density at radius 3 is 2.53 bits per heavy atom. The maximum absolute atomic E-state index is 12.7. The standard InChI is InChI=1S/C21H22N6O4S/c1-13(28)27(21(31)17(22)7-10-32-2)15-5-3-14(4-6-15)18-24-11-16(19(29)25-18)20(30)26-9-8-23-12-26/h3-6,8-9,11-12,17H,7,10,22H2,1-2H3,(H,24,25,29). The molecule has 0 saturated heterocycles. The van der Waals surface area contributed by atoms with Gasteiger partial charge >= 0.3 is 0 Å². The molecule has 2 amide bonds. The van der Waals surface area contributed by atoms with E-state index in [4.69, 9.17) is 5.73 Å². The number of H-pyrrole nitrogens is 1. The van der Waals surface area contributed by atoms with Crippen LogP contribution in [-0.4, -0.2) is 55.3 Å². The van der Waals surface area contributed by atoms with E-state index in [1.807, 2.05) is 6.26 Å². The van der Waals surface area contributed by atoms with Gasteiger partial charge in [0, 0.05) is 31.1 Å². The second-order valence-corrected chi connectivity index (χ2v) is 7.86. The molecule has 0 bridgehead atoms. The first-order valence-electron chi connectivity index (χ1n) is 9.65. The molecule has 0 radical (unpaired) electrons. The van der Waals surface area contributed by atoms with Crippen molar-refractivity contribution in [3.8, 4) is 11.4 Å². The summed E-state index contributed by atoms with van der Waals surface area (Å²) in [7, 11) is 0. The fourth-order valence-corrected chi connectivity index (χ4v) is 3.47. The van der Waals surface area contributed by atoms with Gasteiger partial charge < -0.3 is 10.7 Å². The maximum Gasteiger partial charge on any atom is 0.270 e. The average Bonchev–Trinajstić information content (AvgIpc) is 3.32. The number of hydrogen-bond acceptors (Lipinski definition) is 8. The van der Waals surface area contributed by atoms with Gasteiger partial charge in [-0.15, -0.1) is 0 Å². The Morgan fingerprint density at radius 2 is 1.97 bits per heavy atom. The molecule has 3 N–H and O–H groups in total. The van der Waals surface area contributed by atoms with Crippen LogP contribution in [0.1, 0.15) is 23.7 Å². The summed E-state index contributed by atoms with van der Waals surface area (Å²) in [6.07, 6.45) is 7.72. The molecule has 10 nitrogen and oxygen atoms in total. The Hall–Kier alpha value is -3.57. The first-order valence-corrected chi connectivity index (χ1v) is 11.0. The number of amides is 2. The summed E-state index contributed by atoms with van der Waals surface area (Å²) in [6, 6.07) is 5.58. The summed E-state index contributed by atoms with van der Waals surface area (Å²) in [4.78, 5) is 61.1. The van der Waals surface area contributed by atoms with E-state index in [0.29, 0.717) is 23.4 Å². The van der Waals surface area contributed by atoms with Gasteiger partial charge in [0.1, 0.15) is 17.7 Å². The number of imidazole rings is 1. The van der Waals surface area contributed by atoms with Crippen molar-refractivity contribution in [1.82, 2.24) is 19.5 Å². The molecular weight excluding hydrogens is 432 g/mol. The van der Waals surface area contributed by atoms with Crippen molar-refractivity contribution in [3.05, 3.63) is 65.1 Å². The SMILES string of the molecule is CSCCC(N)C(=O)N(C(C)=O)c1ccc(-c2ncc(C(=O)n3ccnc3)c(=O)[nH]2)cc1. The quantitative estimate of drug-likeness (QED) is 0.543. The first-order chi connectivity index (χ1) is 15.3. The maximum atomic E-state index is 12.7. The molecule has 3 aromatic rings. The van der Waals surface area contributed by atoms with Crippen LogP contribution in [-0.2, 0) is 9.59 Å². The molecule has 0 saturated carbocycles. The van der Waals surface area contributed by atoms with Crippen molar-refractivity contribution in [3.63, 3.8) is 0 Å². The van der Waals surface area contributed by atoms with Crippen LogP contribution in [0.3, 0.4) is 0 Å². The highest BCUT2D eigenvalue weighted by Crippen LogP contribution is 2.21. The van der Waals surface area contributed by atoms with Crippen molar-refractivity contribution in [2.45, 2.75) is 19.4 Å². The molecule has 166 valence electrons. The minimum absolute atomic E-state index is 0.129. The smallest absolute Gasteiger partial charge is 0.270 e. The molecule has 1 aromatic carbocycles. The summed E-state index contributed by atoms with van der Waals surface area (Å²) in [5.74, 6) is -0.534. The molecule has 0 aliphatic carbocycles. The van der Waals surface area contributed by atoms with Gasteiger partial charge in [0.2, 0.25) is 5.91 Å². The fourth-order valence-electron chi connectivity index (χ4n) is 2.98. The zero-order chi connectivity index (χ0) is 23.3. The first kappa shape index (κ1) is 23.1. The van der Waals surface area contributed by atoms with E-state index < -0.39 is 29.3 Å². The zero-order valence-electron chi connectivity index (χ0n) is 17.5. The summed E-state index contributed by atoms with van der Waals surface area (Å²) in [5.41, 5.74) is 6.12. The third kappa shape index (κ3) is 5.01. The Balaban J connectivity index is 1.83. The third-order valence-corrected chi connectivity index (χ3v) is 5.30. The van der Waals surface area contributed by atoms with Gasteiger partial charge in [-0.05, 0) is 42.7 Å². The van der Waals surface area contributed by atoms with E-state index in [2.05, 4.69) is 15.0 Å². The molecule has 0 aliphatic rings. The number of carbonyl (C=O) groups is 3. The molecule has 0 spiro atoms. The predicted molar refractivity (Wildman–Crippen MR) is 121 cm³/mol. The summed E-state index contributed by atoms with van der Waals surface area (Å²) in [5, 5.41) is 0. The number of aromatic nitrogens is 4. The number of nitrogens with zero attached hydrogens (tertiary/aromatic N) is 4. The van der Waals surface area contributed by atoms with Crippen LogP contribution >= 0.6 is 11.8 Å². The van der Waals surface area contributed by atoms with Gasteiger partial charge in [-0.1, -0.05) is 0 Å². The van der Waals surface area contributed by atoms with Gasteiger partial charge in [-0.2, -0.15) is 11.8 Å². The van der Waals surface area contributed by atoms with Gasteiger partial charge in [-0.25, -0.2) is 14.9 Å². The molecule has 32 heavy (non-hydrogen) atoms. The lowest BCUT2D eigenvalue weighted by Gasteiger charge is -2.23. The highest BCUT2D eigenvalue weighted by Gasteiger charge is 2.25. The van der Waals surface area contributed by atoms with Crippen LogP contribution in [0.5, 0.6) is 0 Å². The lowest BCUT2D eigenvalue weighted by molar-refractivity contribution is -0.126. The number of hydrogen-bond donors (Lipinski definition) is 2. The Labute approximate surface area is 187 Å².